The lowest BCUT2D eigenvalue weighted by Crippen LogP contribution is -2.16. The minimum Gasteiger partial charge on any atom is -0.486 e. The highest BCUT2D eigenvalue weighted by molar-refractivity contribution is 9.10. The van der Waals surface area contributed by atoms with E-state index >= 15 is 0 Å². The summed E-state index contributed by atoms with van der Waals surface area (Å²) in [5.41, 5.74) is 0.682. The Morgan fingerprint density at radius 1 is 1.24 bits per heavy atom. The van der Waals surface area contributed by atoms with Crippen LogP contribution in [0.5, 0.6) is 11.5 Å². The molecule has 0 atom stereocenters. The third kappa shape index (κ3) is 3.65. The van der Waals surface area contributed by atoms with Crippen LogP contribution in [0.4, 0.5) is 5.69 Å². The number of fused-ring (bicyclic) bond motifs is 1. The predicted molar refractivity (Wildman–Crippen MR) is 87.1 cm³/mol. The molecule has 108 valence electrons. The third-order valence-corrected chi connectivity index (χ3v) is 4.46. The maximum atomic E-state index is 11.9. The molecule has 1 amide bonds. The summed E-state index contributed by atoms with van der Waals surface area (Å²) in [5.74, 6) is 1.18. The van der Waals surface area contributed by atoms with Gasteiger partial charge in [0.25, 0.3) is 0 Å². The Bertz CT molecular complexity index is 696. The molecule has 1 N–H and O–H groups in total. The van der Waals surface area contributed by atoms with Crippen molar-refractivity contribution >= 4 is 44.9 Å². The topological polar surface area (TPSA) is 47.6 Å². The summed E-state index contributed by atoms with van der Waals surface area (Å²) >= 11 is 4.94. The van der Waals surface area contributed by atoms with Gasteiger partial charge in [0.2, 0.25) is 5.91 Å². The lowest BCUT2D eigenvalue weighted by atomic mass is 10.2. The number of thiophene rings is 1. The molecule has 0 spiro atoms. The molecule has 0 radical (unpaired) electrons. The fraction of sp³-hybridized carbons (Fsp3) is 0.133. The average molecular weight is 366 g/mol. The van der Waals surface area contributed by atoms with Crippen molar-refractivity contribution < 1.29 is 14.3 Å². The zero-order valence-corrected chi connectivity index (χ0v) is 13.4. The zero-order valence-electron chi connectivity index (χ0n) is 11.0. The van der Waals surface area contributed by atoms with Crippen LogP contribution in [-0.2, 0) is 4.79 Å². The van der Waals surface area contributed by atoms with E-state index in [1.54, 1.807) is 35.6 Å². The van der Waals surface area contributed by atoms with Gasteiger partial charge in [-0.2, -0.15) is 0 Å². The Kier molecular flexibility index (Phi) is 4.26. The lowest BCUT2D eigenvalue weighted by molar-refractivity contribution is -0.111. The molecule has 0 fully saturated rings. The standard InChI is InChI=1S/C15H12BrNO3S/c16-10-7-12(21-9-10)2-4-15(18)17-11-1-3-13-14(8-11)20-6-5-19-13/h1-4,7-9H,5-6H2,(H,17,18). The molecule has 0 aliphatic carbocycles. The fourth-order valence-corrected chi connectivity index (χ4v) is 3.22. The molecule has 1 aliphatic rings. The maximum Gasteiger partial charge on any atom is 0.248 e. The molecule has 1 aromatic carbocycles. The summed E-state index contributed by atoms with van der Waals surface area (Å²) in [6.45, 7) is 1.08. The Hall–Kier alpha value is -1.79. The number of benzene rings is 1. The Labute approximate surface area is 134 Å². The number of anilines is 1. The number of rotatable bonds is 3. The first kappa shape index (κ1) is 14.2. The molecule has 1 aliphatic heterocycles. The van der Waals surface area contributed by atoms with E-state index in [2.05, 4.69) is 21.2 Å². The third-order valence-electron chi connectivity index (χ3n) is 2.80. The van der Waals surface area contributed by atoms with E-state index in [0.29, 0.717) is 30.4 Å². The largest absolute Gasteiger partial charge is 0.486 e. The van der Waals surface area contributed by atoms with Gasteiger partial charge in [0.05, 0.1) is 0 Å². The molecule has 0 unspecified atom stereocenters. The highest BCUT2D eigenvalue weighted by Gasteiger charge is 2.12. The summed E-state index contributed by atoms with van der Waals surface area (Å²) in [4.78, 5) is 12.9. The highest BCUT2D eigenvalue weighted by Crippen LogP contribution is 2.32. The van der Waals surface area contributed by atoms with E-state index < -0.39 is 0 Å². The van der Waals surface area contributed by atoms with E-state index in [4.69, 9.17) is 9.47 Å². The van der Waals surface area contributed by atoms with Gasteiger partial charge in [0.1, 0.15) is 13.2 Å². The van der Waals surface area contributed by atoms with Crippen LogP contribution < -0.4 is 14.8 Å². The molecular formula is C15H12BrNO3S. The molecule has 2 aromatic rings. The Morgan fingerprint density at radius 2 is 2.05 bits per heavy atom. The van der Waals surface area contributed by atoms with E-state index in [1.165, 1.54) is 6.08 Å². The van der Waals surface area contributed by atoms with Crippen molar-refractivity contribution in [3.05, 3.63) is 45.1 Å². The first-order valence-corrected chi connectivity index (χ1v) is 8.01. The van der Waals surface area contributed by atoms with Crippen molar-refractivity contribution in [2.75, 3.05) is 18.5 Å². The van der Waals surface area contributed by atoms with E-state index in [0.717, 1.165) is 9.35 Å². The number of amides is 1. The second kappa shape index (κ2) is 6.32. The van der Waals surface area contributed by atoms with Crippen molar-refractivity contribution in [3.63, 3.8) is 0 Å². The van der Waals surface area contributed by atoms with Crippen molar-refractivity contribution in [1.82, 2.24) is 0 Å². The molecule has 21 heavy (non-hydrogen) atoms. The van der Waals surface area contributed by atoms with Crippen molar-refractivity contribution in [3.8, 4) is 11.5 Å². The van der Waals surface area contributed by atoms with Crippen molar-refractivity contribution in [2.45, 2.75) is 0 Å². The van der Waals surface area contributed by atoms with Crippen LogP contribution >= 0.6 is 27.3 Å². The first-order chi connectivity index (χ1) is 10.2. The zero-order chi connectivity index (χ0) is 14.7. The van der Waals surface area contributed by atoms with E-state index in [1.807, 2.05) is 11.4 Å². The van der Waals surface area contributed by atoms with Gasteiger partial charge in [-0.05, 0) is 40.2 Å². The summed E-state index contributed by atoms with van der Waals surface area (Å²) < 4.78 is 11.9. The summed E-state index contributed by atoms with van der Waals surface area (Å²) in [6, 6.07) is 7.31. The molecule has 0 saturated carbocycles. The summed E-state index contributed by atoms with van der Waals surface area (Å²) in [5, 5.41) is 4.77. The van der Waals surface area contributed by atoms with Gasteiger partial charge in [-0.15, -0.1) is 11.3 Å². The monoisotopic (exact) mass is 365 g/mol. The second-order valence-corrected chi connectivity index (χ2v) is 6.21. The van der Waals surface area contributed by atoms with Gasteiger partial charge in [-0.3, -0.25) is 4.79 Å². The molecule has 3 rings (SSSR count). The number of halogens is 1. The summed E-state index contributed by atoms with van der Waals surface area (Å²) in [6.07, 6.45) is 3.29. The fourth-order valence-electron chi connectivity index (χ4n) is 1.88. The van der Waals surface area contributed by atoms with Crippen LogP contribution in [0, 0.1) is 0 Å². The number of carbonyl (C=O) groups is 1. The van der Waals surface area contributed by atoms with Crippen LogP contribution in [0.2, 0.25) is 0 Å². The minimum atomic E-state index is -0.184. The normalized spacial score (nSPS) is 13.4. The van der Waals surface area contributed by atoms with Crippen LogP contribution in [-0.4, -0.2) is 19.1 Å². The van der Waals surface area contributed by atoms with Crippen molar-refractivity contribution in [2.24, 2.45) is 0 Å². The van der Waals surface area contributed by atoms with Crippen LogP contribution in [0.25, 0.3) is 6.08 Å². The highest BCUT2D eigenvalue weighted by atomic mass is 79.9. The van der Waals surface area contributed by atoms with Gasteiger partial charge in [-0.25, -0.2) is 0 Å². The number of hydrogen-bond acceptors (Lipinski definition) is 4. The molecule has 1 aromatic heterocycles. The quantitative estimate of drug-likeness (QED) is 0.838. The van der Waals surface area contributed by atoms with E-state index in [-0.39, 0.29) is 5.91 Å². The lowest BCUT2D eigenvalue weighted by Gasteiger charge is -2.18. The second-order valence-electron chi connectivity index (χ2n) is 4.35. The van der Waals surface area contributed by atoms with E-state index in [9.17, 15) is 4.79 Å². The molecule has 0 bridgehead atoms. The molecule has 0 saturated heterocycles. The maximum absolute atomic E-state index is 11.9. The number of nitrogens with one attached hydrogen (secondary N) is 1. The number of hydrogen-bond donors (Lipinski definition) is 1. The molecule has 4 nitrogen and oxygen atoms in total. The van der Waals surface area contributed by atoms with Gasteiger partial charge >= 0.3 is 0 Å². The Morgan fingerprint density at radius 3 is 2.81 bits per heavy atom. The summed E-state index contributed by atoms with van der Waals surface area (Å²) in [7, 11) is 0. The van der Waals surface area contributed by atoms with Gasteiger partial charge < -0.3 is 14.8 Å². The smallest absolute Gasteiger partial charge is 0.248 e. The molecule has 2 heterocycles. The average Bonchev–Trinajstić information content (AvgIpc) is 2.91. The predicted octanol–water partition coefficient (Wildman–Crippen LogP) is 3.93. The van der Waals surface area contributed by atoms with Crippen molar-refractivity contribution in [1.29, 1.82) is 0 Å². The molecule has 6 heteroatoms. The first-order valence-electron chi connectivity index (χ1n) is 6.33. The van der Waals surface area contributed by atoms with Gasteiger partial charge in [0, 0.05) is 32.6 Å². The SMILES string of the molecule is O=C(C=Cc1cc(Br)cs1)Nc1ccc2c(c1)OCCO2. The van der Waals surface area contributed by atoms with Gasteiger partial charge in [-0.1, -0.05) is 0 Å². The van der Waals surface area contributed by atoms with Crippen LogP contribution in [0.1, 0.15) is 4.88 Å². The Balaban J connectivity index is 1.66. The molecular weight excluding hydrogens is 354 g/mol. The minimum absolute atomic E-state index is 0.184. The van der Waals surface area contributed by atoms with Crippen LogP contribution in [0.15, 0.2) is 40.2 Å². The van der Waals surface area contributed by atoms with Crippen LogP contribution in [0.3, 0.4) is 0 Å². The number of ether oxygens (including phenoxy) is 2. The van der Waals surface area contributed by atoms with Gasteiger partial charge in [0.15, 0.2) is 11.5 Å². The number of carbonyl (C=O) groups excluding carboxylic acids is 1.